The van der Waals surface area contributed by atoms with Gasteiger partial charge in [0.15, 0.2) is 6.29 Å². The Morgan fingerprint density at radius 2 is 1.81 bits per heavy atom. The first kappa shape index (κ1) is 25.0. The van der Waals surface area contributed by atoms with Crippen LogP contribution in [0.15, 0.2) is 30.3 Å². The Balaban J connectivity index is 1.77. The number of hydrogen-bond donors (Lipinski definition) is 3. The summed E-state index contributed by atoms with van der Waals surface area (Å²) in [5, 5.41) is 12.8. The molecule has 0 heterocycles. The molecule has 1 saturated carbocycles. The number of amides is 1. The van der Waals surface area contributed by atoms with E-state index < -0.39 is 18.3 Å². The summed E-state index contributed by atoms with van der Waals surface area (Å²) in [7, 11) is 0. The van der Waals surface area contributed by atoms with Crippen molar-refractivity contribution in [3.63, 3.8) is 0 Å². The molecule has 2 rings (SSSR count). The van der Waals surface area contributed by atoms with Gasteiger partial charge >= 0.3 is 5.97 Å². The number of ether oxygens (including phenoxy) is 1. The highest BCUT2D eigenvalue weighted by atomic mass is 16.8. The van der Waals surface area contributed by atoms with Crippen molar-refractivity contribution in [2.75, 3.05) is 6.61 Å². The monoisotopic (exact) mass is 432 g/mol. The van der Waals surface area contributed by atoms with E-state index in [4.69, 9.17) is 9.57 Å². The molecule has 7 heteroatoms. The molecule has 31 heavy (non-hydrogen) atoms. The van der Waals surface area contributed by atoms with Crippen molar-refractivity contribution in [1.82, 2.24) is 10.8 Å². The molecule has 1 aromatic rings. The molecule has 1 aromatic carbocycles. The fraction of sp³-hybridized carbons (Fsp3) is 0.583. The van der Waals surface area contributed by atoms with Crippen molar-refractivity contribution in [1.29, 1.82) is 0 Å². The number of hydrogen-bond acceptors (Lipinski definition) is 5. The molecule has 1 fully saturated rings. The van der Waals surface area contributed by atoms with Crippen LogP contribution in [-0.2, 0) is 25.7 Å². The Morgan fingerprint density at radius 3 is 2.42 bits per heavy atom. The predicted octanol–water partition coefficient (Wildman–Crippen LogP) is 3.89. The topological polar surface area (TPSA) is 96.9 Å². The molecule has 1 aliphatic carbocycles. The van der Waals surface area contributed by atoms with Gasteiger partial charge < -0.3 is 15.2 Å². The summed E-state index contributed by atoms with van der Waals surface area (Å²) >= 11 is 0. The number of carbonyl (C=O) groups is 2. The summed E-state index contributed by atoms with van der Waals surface area (Å²) in [4.78, 5) is 28.7. The number of aliphatic carboxylic acids is 1. The molecule has 1 unspecified atom stereocenters. The van der Waals surface area contributed by atoms with Crippen molar-refractivity contribution in [3.05, 3.63) is 41.5 Å². The molecule has 0 aromatic heterocycles. The molecule has 1 aliphatic rings. The minimum absolute atomic E-state index is 0.202. The van der Waals surface area contributed by atoms with E-state index in [0.717, 1.165) is 36.8 Å². The van der Waals surface area contributed by atoms with Crippen LogP contribution in [-0.4, -0.2) is 35.9 Å². The minimum atomic E-state index is -0.774. The molecule has 1 amide bonds. The van der Waals surface area contributed by atoms with Crippen molar-refractivity contribution in [2.45, 2.75) is 71.8 Å². The van der Waals surface area contributed by atoms with E-state index in [2.05, 4.69) is 10.8 Å². The van der Waals surface area contributed by atoms with Crippen LogP contribution >= 0.6 is 0 Å². The van der Waals surface area contributed by atoms with Crippen LogP contribution in [0.3, 0.4) is 0 Å². The van der Waals surface area contributed by atoms with Crippen LogP contribution in [0, 0.1) is 11.8 Å². The minimum Gasteiger partial charge on any atom is -0.480 e. The number of carboxylic acid groups (broad SMARTS) is 1. The maximum absolute atomic E-state index is 11.9. The van der Waals surface area contributed by atoms with Gasteiger partial charge in [-0.25, -0.2) is 10.3 Å². The first-order chi connectivity index (χ1) is 14.8. The summed E-state index contributed by atoms with van der Waals surface area (Å²) in [6.45, 7) is 6.86. The molecule has 7 nitrogen and oxygen atoms in total. The maximum Gasteiger partial charge on any atom is 0.320 e. The average molecular weight is 433 g/mol. The second kappa shape index (κ2) is 13.2. The van der Waals surface area contributed by atoms with E-state index in [-0.39, 0.29) is 11.8 Å². The van der Waals surface area contributed by atoms with Crippen LogP contribution < -0.4 is 10.8 Å². The lowest BCUT2D eigenvalue weighted by Gasteiger charge is -2.28. The van der Waals surface area contributed by atoms with Crippen LogP contribution in [0.2, 0.25) is 0 Å². The van der Waals surface area contributed by atoms with Gasteiger partial charge in [-0.15, -0.1) is 0 Å². The van der Waals surface area contributed by atoms with Crippen LogP contribution in [0.1, 0.15) is 64.0 Å². The standard InChI is InChI=1S/C24H36N2O5/c1-17(2)16-30-18(3)31-26-22(27)14-13-19-9-11-20(12-10-19)15-25-23(24(28)29)21-7-5-4-6-8-21/h9-14,17-18,21,23,25H,4-8,15-16H2,1-3H3,(H,26,27)(H,28,29)/t18?,23-/m0/s1. The second-order valence-corrected chi connectivity index (χ2v) is 8.55. The van der Waals surface area contributed by atoms with Gasteiger partial charge in [0.2, 0.25) is 0 Å². The zero-order chi connectivity index (χ0) is 22.6. The molecular weight excluding hydrogens is 396 g/mol. The third kappa shape index (κ3) is 9.63. The van der Waals surface area contributed by atoms with Crippen molar-refractivity contribution >= 4 is 18.0 Å². The second-order valence-electron chi connectivity index (χ2n) is 8.55. The van der Waals surface area contributed by atoms with Crippen LogP contribution in [0.5, 0.6) is 0 Å². The highest BCUT2D eigenvalue weighted by molar-refractivity contribution is 5.90. The van der Waals surface area contributed by atoms with Gasteiger partial charge in [0.25, 0.3) is 5.91 Å². The van der Waals surface area contributed by atoms with E-state index in [1.165, 1.54) is 12.5 Å². The third-order valence-electron chi connectivity index (χ3n) is 5.31. The van der Waals surface area contributed by atoms with Gasteiger partial charge in [0, 0.05) is 12.6 Å². The van der Waals surface area contributed by atoms with Gasteiger partial charge in [0.05, 0.1) is 6.61 Å². The van der Waals surface area contributed by atoms with E-state index in [1.54, 1.807) is 13.0 Å². The Kier molecular flexibility index (Phi) is 10.7. The van der Waals surface area contributed by atoms with E-state index in [1.807, 2.05) is 38.1 Å². The number of nitrogens with one attached hydrogen (secondary N) is 2. The Bertz CT molecular complexity index is 711. The molecule has 0 bridgehead atoms. The third-order valence-corrected chi connectivity index (χ3v) is 5.31. The lowest BCUT2D eigenvalue weighted by atomic mass is 9.84. The van der Waals surface area contributed by atoms with Crippen LogP contribution in [0.25, 0.3) is 6.08 Å². The van der Waals surface area contributed by atoms with Crippen molar-refractivity contribution < 1.29 is 24.3 Å². The summed E-state index contributed by atoms with van der Waals surface area (Å²) < 4.78 is 5.42. The highest BCUT2D eigenvalue weighted by Gasteiger charge is 2.28. The zero-order valence-corrected chi connectivity index (χ0v) is 18.8. The number of rotatable bonds is 12. The van der Waals surface area contributed by atoms with Crippen LogP contribution in [0.4, 0.5) is 0 Å². The largest absolute Gasteiger partial charge is 0.480 e. The molecule has 0 radical (unpaired) electrons. The lowest BCUT2D eigenvalue weighted by molar-refractivity contribution is -0.180. The molecular formula is C24H36N2O5. The first-order valence-electron chi connectivity index (χ1n) is 11.2. The average Bonchev–Trinajstić information content (AvgIpc) is 2.76. The molecule has 2 atom stereocenters. The summed E-state index contributed by atoms with van der Waals surface area (Å²) in [5.41, 5.74) is 4.21. The molecule has 0 saturated heterocycles. The zero-order valence-electron chi connectivity index (χ0n) is 18.8. The van der Waals surface area contributed by atoms with Crippen molar-refractivity contribution in [3.8, 4) is 0 Å². The lowest BCUT2D eigenvalue weighted by Crippen LogP contribution is -2.43. The van der Waals surface area contributed by atoms with E-state index in [0.29, 0.717) is 19.1 Å². The quantitative estimate of drug-likeness (QED) is 0.263. The first-order valence-corrected chi connectivity index (χ1v) is 11.2. The normalized spacial score (nSPS) is 17.0. The maximum atomic E-state index is 11.9. The molecule has 172 valence electrons. The Labute approximate surface area is 185 Å². The fourth-order valence-corrected chi connectivity index (χ4v) is 3.61. The smallest absolute Gasteiger partial charge is 0.320 e. The van der Waals surface area contributed by atoms with Gasteiger partial charge in [0.1, 0.15) is 6.04 Å². The number of carboxylic acids is 1. The Morgan fingerprint density at radius 1 is 1.13 bits per heavy atom. The molecule has 0 spiro atoms. The number of hydroxylamine groups is 1. The number of carbonyl (C=O) groups excluding carboxylic acids is 1. The molecule has 0 aliphatic heterocycles. The van der Waals surface area contributed by atoms with E-state index in [9.17, 15) is 14.7 Å². The van der Waals surface area contributed by atoms with Gasteiger partial charge in [-0.3, -0.25) is 9.59 Å². The number of benzene rings is 1. The summed E-state index contributed by atoms with van der Waals surface area (Å²) in [6.07, 6.45) is 7.94. The summed E-state index contributed by atoms with van der Waals surface area (Å²) in [6, 6.07) is 7.15. The van der Waals surface area contributed by atoms with E-state index >= 15 is 0 Å². The SMILES string of the molecule is CC(C)COC(C)ONC(=O)C=Cc1ccc(CN[C@H](C(=O)O)C2CCCCC2)cc1. The molecule has 3 N–H and O–H groups in total. The highest BCUT2D eigenvalue weighted by Crippen LogP contribution is 2.26. The fourth-order valence-electron chi connectivity index (χ4n) is 3.61. The summed E-state index contributed by atoms with van der Waals surface area (Å²) in [5.74, 6) is -0.555. The van der Waals surface area contributed by atoms with Crippen molar-refractivity contribution in [2.24, 2.45) is 11.8 Å². The van der Waals surface area contributed by atoms with Gasteiger partial charge in [-0.05, 0) is 48.8 Å². The Hall–Kier alpha value is -2.22. The van der Waals surface area contributed by atoms with Gasteiger partial charge in [-0.1, -0.05) is 57.4 Å². The van der Waals surface area contributed by atoms with Gasteiger partial charge in [-0.2, -0.15) is 0 Å². The predicted molar refractivity (Wildman–Crippen MR) is 120 cm³/mol.